The van der Waals surface area contributed by atoms with Gasteiger partial charge in [-0.05, 0) is 67.7 Å². The molecule has 3 aromatic rings. The van der Waals surface area contributed by atoms with Gasteiger partial charge in [0.15, 0.2) is 0 Å². The van der Waals surface area contributed by atoms with Gasteiger partial charge in [-0.1, -0.05) is 11.6 Å². The number of nitrogens with zero attached hydrogens (tertiary/aromatic N) is 6. The highest BCUT2D eigenvalue weighted by Crippen LogP contribution is 2.49. The summed E-state index contributed by atoms with van der Waals surface area (Å²) in [5.74, 6) is 4.20. The first-order chi connectivity index (χ1) is 14.8. The van der Waals surface area contributed by atoms with Crippen molar-refractivity contribution in [3.63, 3.8) is 0 Å². The van der Waals surface area contributed by atoms with Gasteiger partial charge in [-0.2, -0.15) is 5.10 Å². The van der Waals surface area contributed by atoms with Crippen LogP contribution in [0.15, 0.2) is 49.3 Å². The molecule has 0 bridgehead atoms. The summed E-state index contributed by atoms with van der Waals surface area (Å²) in [6.07, 6.45) is 11.5. The van der Waals surface area contributed by atoms with Crippen LogP contribution >= 0.6 is 11.6 Å². The molecule has 0 spiro atoms. The first kappa shape index (κ1) is 19.3. The Morgan fingerprint density at radius 1 is 1.07 bits per heavy atom. The van der Waals surface area contributed by atoms with E-state index in [9.17, 15) is 0 Å². The van der Waals surface area contributed by atoms with Gasteiger partial charge in [0.25, 0.3) is 0 Å². The monoisotopic (exact) mass is 424 g/mol. The number of hydrogen-bond donors (Lipinski definition) is 0. The standard InChI is InChI=1S/C22H25ClN6O/c23-18-12-25-22(26-13-18)28-8-5-16(6-9-28)21-11-17(21)7-10-30-20-3-1-19(2-4-20)29-15-24-14-27-29/h1-4,12-17,21H,5-11H2/t17-,21-/m0/s1. The van der Waals surface area contributed by atoms with Crippen molar-refractivity contribution in [3.05, 3.63) is 54.3 Å². The van der Waals surface area contributed by atoms with Crippen molar-refractivity contribution in [2.75, 3.05) is 24.6 Å². The lowest BCUT2D eigenvalue weighted by molar-refractivity contribution is 0.284. The molecule has 1 saturated heterocycles. The van der Waals surface area contributed by atoms with E-state index >= 15 is 0 Å². The lowest BCUT2D eigenvalue weighted by atomic mass is 9.90. The van der Waals surface area contributed by atoms with Crippen LogP contribution in [-0.2, 0) is 0 Å². The van der Waals surface area contributed by atoms with Gasteiger partial charge < -0.3 is 9.64 Å². The summed E-state index contributed by atoms with van der Waals surface area (Å²) in [5.41, 5.74) is 0.984. The van der Waals surface area contributed by atoms with E-state index in [4.69, 9.17) is 16.3 Å². The highest BCUT2D eigenvalue weighted by molar-refractivity contribution is 6.30. The second-order valence-electron chi connectivity index (χ2n) is 8.16. The Labute approximate surface area is 181 Å². The number of ether oxygens (including phenoxy) is 1. The SMILES string of the molecule is Clc1cnc(N2CCC([C@@H]3C[C@@H]3CCOc3ccc(-n4cncn4)cc3)CC2)nc1. The summed E-state index contributed by atoms with van der Waals surface area (Å²) in [6.45, 7) is 2.84. The summed E-state index contributed by atoms with van der Waals surface area (Å²) < 4.78 is 7.71. The minimum Gasteiger partial charge on any atom is -0.494 e. The maximum Gasteiger partial charge on any atom is 0.225 e. The van der Waals surface area contributed by atoms with E-state index in [0.29, 0.717) is 5.02 Å². The Balaban J connectivity index is 1.03. The van der Waals surface area contributed by atoms with Crippen LogP contribution in [-0.4, -0.2) is 44.4 Å². The van der Waals surface area contributed by atoms with Crippen LogP contribution in [0.3, 0.4) is 0 Å². The topological polar surface area (TPSA) is 69.0 Å². The van der Waals surface area contributed by atoms with Crippen molar-refractivity contribution in [2.24, 2.45) is 17.8 Å². The van der Waals surface area contributed by atoms with Gasteiger partial charge >= 0.3 is 0 Å². The maximum atomic E-state index is 5.97. The zero-order chi connectivity index (χ0) is 20.3. The highest BCUT2D eigenvalue weighted by Gasteiger charge is 2.43. The second kappa shape index (κ2) is 8.60. The Morgan fingerprint density at radius 3 is 2.53 bits per heavy atom. The Morgan fingerprint density at radius 2 is 1.83 bits per heavy atom. The average molecular weight is 425 g/mol. The van der Waals surface area contributed by atoms with E-state index < -0.39 is 0 Å². The molecule has 8 heteroatoms. The lowest BCUT2D eigenvalue weighted by Crippen LogP contribution is -2.35. The number of anilines is 1. The number of hydrogen-bond acceptors (Lipinski definition) is 6. The van der Waals surface area contributed by atoms with Crippen molar-refractivity contribution < 1.29 is 4.74 Å². The van der Waals surface area contributed by atoms with Gasteiger partial charge in [0, 0.05) is 13.1 Å². The molecule has 2 fully saturated rings. The smallest absolute Gasteiger partial charge is 0.225 e. The summed E-state index contributed by atoms with van der Waals surface area (Å²) >= 11 is 5.89. The summed E-state index contributed by atoms with van der Waals surface area (Å²) in [5, 5.41) is 4.72. The van der Waals surface area contributed by atoms with E-state index in [-0.39, 0.29) is 0 Å². The molecule has 1 aromatic carbocycles. The molecule has 30 heavy (non-hydrogen) atoms. The van der Waals surface area contributed by atoms with Gasteiger partial charge in [0.05, 0.1) is 29.7 Å². The second-order valence-corrected chi connectivity index (χ2v) is 8.59. The molecule has 2 aliphatic rings. The van der Waals surface area contributed by atoms with E-state index in [1.165, 1.54) is 25.6 Å². The third-order valence-electron chi connectivity index (χ3n) is 6.29. The number of piperidine rings is 1. The van der Waals surface area contributed by atoms with Gasteiger partial charge in [-0.15, -0.1) is 0 Å². The van der Waals surface area contributed by atoms with E-state index in [1.807, 2.05) is 24.3 Å². The number of aromatic nitrogens is 5. The number of benzene rings is 1. The molecule has 5 rings (SSSR count). The molecule has 3 heterocycles. The van der Waals surface area contributed by atoms with Crippen LogP contribution in [0.4, 0.5) is 5.95 Å². The van der Waals surface area contributed by atoms with Crippen LogP contribution in [0.2, 0.25) is 5.02 Å². The van der Waals surface area contributed by atoms with Crippen molar-refractivity contribution in [1.29, 1.82) is 0 Å². The van der Waals surface area contributed by atoms with Crippen LogP contribution in [0.5, 0.6) is 5.75 Å². The highest BCUT2D eigenvalue weighted by atomic mass is 35.5. The van der Waals surface area contributed by atoms with E-state index in [1.54, 1.807) is 23.4 Å². The van der Waals surface area contributed by atoms with E-state index in [0.717, 1.165) is 61.3 Å². The molecule has 0 unspecified atom stereocenters. The third-order valence-corrected chi connectivity index (χ3v) is 6.48. The summed E-state index contributed by atoms with van der Waals surface area (Å²) in [7, 11) is 0. The summed E-state index contributed by atoms with van der Waals surface area (Å²) in [4.78, 5) is 14.9. The van der Waals surface area contributed by atoms with Gasteiger partial charge in [-0.25, -0.2) is 19.6 Å². The zero-order valence-corrected chi connectivity index (χ0v) is 17.5. The first-order valence-corrected chi connectivity index (χ1v) is 10.9. The summed E-state index contributed by atoms with van der Waals surface area (Å²) in [6, 6.07) is 8.00. The fourth-order valence-corrected chi connectivity index (χ4v) is 4.64. The fraction of sp³-hybridized carbons (Fsp3) is 0.455. The number of rotatable bonds is 7. The van der Waals surface area contributed by atoms with Crippen molar-refractivity contribution in [3.8, 4) is 11.4 Å². The molecule has 7 nitrogen and oxygen atoms in total. The van der Waals surface area contributed by atoms with Crippen LogP contribution in [0, 0.1) is 17.8 Å². The molecule has 0 amide bonds. The molecular formula is C22H25ClN6O. The largest absolute Gasteiger partial charge is 0.494 e. The van der Waals surface area contributed by atoms with Crippen LogP contribution in [0.25, 0.3) is 5.69 Å². The molecular weight excluding hydrogens is 400 g/mol. The van der Waals surface area contributed by atoms with Crippen molar-refractivity contribution in [1.82, 2.24) is 24.7 Å². The van der Waals surface area contributed by atoms with Crippen LogP contribution < -0.4 is 9.64 Å². The molecule has 156 valence electrons. The molecule has 1 aliphatic carbocycles. The predicted molar refractivity (Wildman–Crippen MR) is 115 cm³/mol. The van der Waals surface area contributed by atoms with Gasteiger partial charge in [0.1, 0.15) is 18.4 Å². The van der Waals surface area contributed by atoms with Crippen molar-refractivity contribution >= 4 is 17.5 Å². The minimum absolute atomic E-state index is 0.586. The lowest BCUT2D eigenvalue weighted by Gasteiger charge is -2.32. The first-order valence-electron chi connectivity index (χ1n) is 10.6. The molecule has 2 atom stereocenters. The zero-order valence-electron chi connectivity index (χ0n) is 16.8. The Kier molecular flexibility index (Phi) is 5.53. The average Bonchev–Trinajstić information content (AvgIpc) is 3.34. The molecule has 1 aliphatic heterocycles. The van der Waals surface area contributed by atoms with Gasteiger partial charge in [0.2, 0.25) is 5.95 Å². The molecule has 2 aromatic heterocycles. The van der Waals surface area contributed by atoms with Crippen LogP contribution in [0.1, 0.15) is 25.7 Å². The maximum absolute atomic E-state index is 5.97. The van der Waals surface area contributed by atoms with Gasteiger partial charge in [-0.3, -0.25) is 0 Å². The number of halogens is 1. The Hall–Kier alpha value is -2.67. The quantitative estimate of drug-likeness (QED) is 0.570. The third kappa shape index (κ3) is 4.41. The van der Waals surface area contributed by atoms with Crippen molar-refractivity contribution in [2.45, 2.75) is 25.7 Å². The normalized spacial score (nSPS) is 21.6. The Bertz CT molecular complexity index is 939. The molecule has 0 radical (unpaired) electrons. The molecule has 1 saturated carbocycles. The van der Waals surface area contributed by atoms with E-state index in [2.05, 4.69) is 25.0 Å². The molecule has 0 N–H and O–H groups in total. The predicted octanol–water partition coefficient (Wildman–Crippen LogP) is 4.03. The fourth-order valence-electron chi connectivity index (χ4n) is 4.54. The minimum atomic E-state index is 0.586.